The predicted octanol–water partition coefficient (Wildman–Crippen LogP) is 1.83. The topological polar surface area (TPSA) is 49.5 Å². The van der Waals surface area contributed by atoms with Gasteiger partial charge in [-0.2, -0.15) is 0 Å². The molecule has 0 N–H and O–H groups in total. The van der Waals surface area contributed by atoms with Crippen LogP contribution in [-0.4, -0.2) is 44.2 Å². The van der Waals surface area contributed by atoms with Crippen LogP contribution in [0.3, 0.4) is 0 Å². The lowest BCUT2D eigenvalue weighted by atomic mass is 10.00. The fourth-order valence-corrected chi connectivity index (χ4v) is 3.02. The molecule has 0 saturated carbocycles. The average molecular weight is 290 g/mol. The Morgan fingerprint density at radius 1 is 1.10 bits per heavy atom. The molecule has 4 rings (SSSR count). The first kappa shape index (κ1) is 13.3. The number of methoxy groups -OCH3 is 1. The summed E-state index contributed by atoms with van der Waals surface area (Å²) < 4.78 is 28.6. The first-order valence-corrected chi connectivity index (χ1v) is 7.14. The molecule has 1 unspecified atom stereocenters. The van der Waals surface area contributed by atoms with Crippen LogP contribution in [-0.2, 0) is 18.9 Å². The summed E-state index contributed by atoms with van der Waals surface area (Å²) in [5.41, 5.74) is 0.970. The van der Waals surface area contributed by atoms with E-state index in [-0.39, 0.29) is 36.8 Å². The molecule has 3 heterocycles. The molecule has 0 aromatic heterocycles. The third-order valence-corrected chi connectivity index (χ3v) is 4.22. The lowest BCUT2D eigenvalue weighted by Crippen LogP contribution is -2.51. The second-order valence-corrected chi connectivity index (χ2v) is 5.48. The van der Waals surface area contributed by atoms with Crippen molar-refractivity contribution in [3.05, 3.63) is 42.5 Å². The molecule has 0 radical (unpaired) electrons. The summed E-state index contributed by atoms with van der Waals surface area (Å²) in [6.07, 6.45) is 1.36. The Morgan fingerprint density at radius 3 is 2.62 bits per heavy atom. The number of hydrogen-bond acceptors (Lipinski definition) is 5. The molecule has 1 aromatic carbocycles. The van der Waals surface area contributed by atoms with Gasteiger partial charge in [0.05, 0.1) is 13.7 Å². The fourth-order valence-electron chi connectivity index (χ4n) is 3.02. The molecule has 1 aromatic rings. The van der Waals surface area contributed by atoms with Gasteiger partial charge >= 0.3 is 0 Å². The van der Waals surface area contributed by atoms with Crippen molar-refractivity contribution < 1.29 is 23.7 Å². The van der Waals surface area contributed by atoms with Crippen LogP contribution in [0, 0.1) is 0 Å². The molecule has 5 nitrogen and oxygen atoms in total. The van der Waals surface area contributed by atoms with Crippen LogP contribution in [0.25, 0.3) is 0 Å². The van der Waals surface area contributed by atoms with Gasteiger partial charge in [-0.15, -0.1) is 6.58 Å². The van der Waals surface area contributed by atoms with Gasteiger partial charge in [0.15, 0.2) is 6.29 Å². The van der Waals surface area contributed by atoms with Gasteiger partial charge in [-0.25, -0.2) is 0 Å². The van der Waals surface area contributed by atoms with Crippen molar-refractivity contribution in [2.24, 2.45) is 0 Å². The van der Waals surface area contributed by atoms with E-state index in [1.807, 2.05) is 24.3 Å². The lowest BCUT2D eigenvalue weighted by molar-refractivity contribution is -0.278. The van der Waals surface area contributed by atoms with Gasteiger partial charge < -0.3 is 23.7 Å². The zero-order valence-electron chi connectivity index (χ0n) is 11.8. The van der Waals surface area contributed by atoms with E-state index in [9.17, 15) is 0 Å². The van der Waals surface area contributed by atoms with Gasteiger partial charge in [0.1, 0.15) is 36.3 Å². The fraction of sp³-hybridized carbons (Fsp3) is 0.500. The van der Waals surface area contributed by atoms with Crippen molar-refractivity contribution in [1.82, 2.24) is 0 Å². The molecule has 5 heteroatoms. The van der Waals surface area contributed by atoms with E-state index in [0.717, 1.165) is 11.3 Å². The van der Waals surface area contributed by atoms with Crippen LogP contribution in [0.5, 0.6) is 5.75 Å². The second kappa shape index (κ2) is 5.10. The van der Waals surface area contributed by atoms with E-state index in [1.165, 1.54) is 0 Å². The normalized spacial score (nSPS) is 40.8. The Balaban J connectivity index is 1.48. The standard InChI is InChI=1S/C16H18O5/c1-3-11-13-15(20-13)14-12(19-11)8-18-16(21-14)9-4-6-10(17-2)7-5-9/h3-7,11-16H,1,8H2,2H3/t11-,12-,13+,14-,15+,16?/m1/s1. The van der Waals surface area contributed by atoms with Crippen molar-refractivity contribution in [1.29, 1.82) is 0 Å². The van der Waals surface area contributed by atoms with Crippen LogP contribution in [0.4, 0.5) is 0 Å². The molecular formula is C16H18O5. The zero-order chi connectivity index (χ0) is 14.4. The Kier molecular flexibility index (Phi) is 3.23. The first-order chi connectivity index (χ1) is 10.3. The Hall–Kier alpha value is -1.40. The average Bonchev–Trinajstić information content (AvgIpc) is 3.34. The maximum atomic E-state index is 6.05. The number of epoxide rings is 1. The number of benzene rings is 1. The minimum absolute atomic E-state index is 0.0546. The van der Waals surface area contributed by atoms with Gasteiger partial charge in [0, 0.05) is 5.56 Å². The SMILES string of the molecule is C=C[C@H]1O[C@@H]2COC(c3ccc(OC)cc3)O[C@H]2[C@H]2O[C@H]21. The Morgan fingerprint density at radius 2 is 1.90 bits per heavy atom. The molecule has 0 spiro atoms. The molecule has 0 amide bonds. The minimum Gasteiger partial charge on any atom is -0.497 e. The molecule has 0 aliphatic carbocycles. The number of rotatable bonds is 3. The highest BCUT2D eigenvalue weighted by atomic mass is 16.7. The smallest absolute Gasteiger partial charge is 0.184 e. The van der Waals surface area contributed by atoms with Crippen molar-refractivity contribution in [2.75, 3.05) is 13.7 Å². The van der Waals surface area contributed by atoms with E-state index in [0.29, 0.717) is 6.61 Å². The lowest BCUT2D eigenvalue weighted by Gasteiger charge is -2.39. The molecule has 6 atom stereocenters. The van der Waals surface area contributed by atoms with Crippen LogP contribution < -0.4 is 4.74 Å². The van der Waals surface area contributed by atoms with Gasteiger partial charge in [-0.05, 0) is 12.1 Å². The molecule has 3 fully saturated rings. The Bertz CT molecular complexity index is 528. The number of ether oxygens (including phenoxy) is 5. The first-order valence-electron chi connectivity index (χ1n) is 7.14. The van der Waals surface area contributed by atoms with Crippen LogP contribution >= 0.6 is 0 Å². The molecule has 112 valence electrons. The maximum absolute atomic E-state index is 6.05. The van der Waals surface area contributed by atoms with E-state index >= 15 is 0 Å². The molecule has 21 heavy (non-hydrogen) atoms. The van der Waals surface area contributed by atoms with Gasteiger partial charge in [0.25, 0.3) is 0 Å². The molecule has 3 aliphatic heterocycles. The molecule has 3 saturated heterocycles. The molecular weight excluding hydrogens is 272 g/mol. The van der Waals surface area contributed by atoms with E-state index < -0.39 is 0 Å². The summed E-state index contributed by atoms with van der Waals surface area (Å²) >= 11 is 0. The highest BCUT2D eigenvalue weighted by molar-refractivity contribution is 5.28. The summed E-state index contributed by atoms with van der Waals surface area (Å²) in [7, 11) is 1.65. The van der Waals surface area contributed by atoms with Crippen molar-refractivity contribution in [3.63, 3.8) is 0 Å². The quantitative estimate of drug-likeness (QED) is 0.628. The predicted molar refractivity (Wildman–Crippen MR) is 74.1 cm³/mol. The van der Waals surface area contributed by atoms with Gasteiger partial charge in [-0.1, -0.05) is 18.2 Å². The summed E-state index contributed by atoms with van der Waals surface area (Å²) in [6, 6.07) is 7.70. The second-order valence-electron chi connectivity index (χ2n) is 5.48. The van der Waals surface area contributed by atoms with Gasteiger partial charge in [0.2, 0.25) is 0 Å². The van der Waals surface area contributed by atoms with Crippen molar-refractivity contribution >= 4 is 0 Å². The summed E-state index contributed by atoms with van der Waals surface area (Å²) in [6.45, 7) is 4.28. The summed E-state index contributed by atoms with van der Waals surface area (Å²) in [5, 5.41) is 0. The third kappa shape index (κ3) is 2.26. The van der Waals surface area contributed by atoms with E-state index in [1.54, 1.807) is 13.2 Å². The van der Waals surface area contributed by atoms with E-state index in [2.05, 4.69) is 6.58 Å². The van der Waals surface area contributed by atoms with E-state index in [4.69, 9.17) is 23.7 Å². The molecule has 0 bridgehead atoms. The largest absolute Gasteiger partial charge is 0.497 e. The van der Waals surface area contributed by atoms with Crippen LogP contribution in [0.15, 0.2) is 36.9 Å². The van der Waals surface area contributed by atoms with Crippen molar-refractivity contribution in [2.45, 2.75) is 36.8 Å². The van der Waals surface area contributed by atoms with Crippen molar-refractivity contribution in [3.8, 4) is 5.75 Å². The third-order valence-electron chi connectivity index (χ3n) is 4.22. The Labute approximate surface area is 123 Å². The monoisotopic (exact) mass is 290 g/mol. The van der Waals surface area contributed by atoms with Crippen LogP contribution in [0.1, 0.15) is 11.9 Å². The van der Waals surface area contributed by atoms with Gasteiger partial charge in [-0.3, -0.25) is 0 Å². The minimum atomic E-state index is -0.383. The highest BCUT2D eigenvalue weighted by Gasteiger charge is 2.59. The maximum Gasteiger partial charge on any atom is 0.184 e. The van der Waals surface area contributed by atoms with Crippen LogP contribution in [0.2, 0.25) is 0 Å². The summed E-state index contributed by atoms with van der Waals surface area (Å²) in [5.74, 6) is 0.813. The number of fused-ring (bicyclic) bond motifs is 3. The zero-order valence-corrected chi connectivity index (χ0v) is 11.8. The number of hydrogen-bond donors (Lipinski definition) is 0. The molecule has 3 aliphatic rings. The highest BCUT2D eigenvalue weighted by Crippen LogP contribution is 2.43. The summed E-state index contributed by atoms with van der Waals surface area (Å²) in [4.78, 5) is 0.